The summed E-state index contributed by atoms with van der Waals surface area (Å²) < 4.78 is 0. The fraction of sp³-hybridized carbons (Fsp3) is 0.100. The molecular formula is C10H9N3O4. The zero-order valence-corrected chi connectivity index (χ0v) is 8.91. The van der Waals surface area contributed by atoms with Crippen LogP contribution >= 0.6 is 0 Å². The van der Waals surface area contributed by atoms with Crippen LogP contribution in [0.1, 0.15) is 17.3 Å². The fourth-order valence-electron chi connectivity index (χ4n) is 1.04. The highest BCUT2D eigenvalue weighted by Crippen LogP contribution is 2.08. The molecule has 1 N–H and O–H groups in total. The van der Waals surface area contributed by atoms with Crippen LogP contribution in [0.2, 0.25) is 0 Å². The molecule has 0 aliphatic rings. The second-order valence-electron chi connectivity index (χ2n) is 2.98. The molecule has 0 bridgehead atoms. The molecule has 0 saturated heterocycles. The van der Waals surface area contributed by atoms with Crippen molar-refractivity contribution >= 4 is 17.6 Å². The lowest BCUT2D eigenvalue weighted by Gasteiger charge is -2.00. The Bertz CT molecular complexity index is 496. The minimum absolute atomic E-state index is 0.00422. The average molecular weight is 235 g/mol. The van der Waals surface area contributed by atoms with Crippen LogP contribution in [0.15, 0.2) is 30.5 Å². The molecule has 0 unspecified atom stereocenters. The van der Waals surface area contributed by atoms with Crippen molar-refractivity contribution in [3.05, 3.63) is 46.2 Å². The van der Waals surface area contributed by atoms with Crippen molar-refractivity contribution in [1.29, 1.82) is 0 Å². The molecule has 0 aromatic carbocycles. The molecule has 0 atom stereocenters. The highest BCUT2D eigenvalue weighted by molar-refractivity contribution is 6.08. The van der Waals surface area contributed by atoms with Crippen LogP contribution in [-0.4, -0.2) is 21.7 Å². The van der Waals surface area contributed by atoms with Gasteiger partial charge >= 0.3 is 5.82 Å². The lowest BCUT2D eigenvalue weighted by Crippen LogP contribution is -2.28. The molecule has 88 valence electrons. The second kappa shape index (κ2) is 5.50. The van der Waals surface area contributed by atoms with Gasteiger partial charge in [0.2, 0.25) is 5.91 Å². The van der Waals surface area contributed by atoms with E-state index in [2.05, 4.69) is 4.98 Å². The molecule has 7 heteroatoms. The van der Waals surface area contributed by atoms with Crippen LogP contribution in [-0.2, 0) is 4.79 Å². The SMILES string of the molecule is C/C=C/C(=O)NC(=O)c1ccnc([N+](=O)[O-])c1. The first-order valence-electron chi connectivity index (χ1n) is 4.63. The second-order valence-corrected chi connectivity index (χ2v) is 2.98. The number of pyridine rings is 1. The number of carbonyl (C=O) groups is 2. The molecule has 0 aliphatic heterocycles. The van der Waals surface area contributed by atoms with E-state index in [1.165, 1.54) is 18.2 Å². The van der Waals surface area contributed by atoms with Gasteiger partial charge in [-0.2, -0.15) is 0 Å². The third-order valence-corrected chi connectivity index (χ3v) is 1.75. The van der Waals surface area contributed by atoms with Crippen LogP contribution < -0.4 is 5.32 Å². The van der Waals surface area contributed by atoms with E-state index in [1.807, 2.05) is 5.32 Å². The van der Waals surface area contributed by atoms with E-state index in [9.17, 15) is 19.7 Å². The van der Waals surface area contributed by atoms with Gasteiger partial charge in [-0.05, 0) is 29.0 Å². The lowest BCUT2D eigenvalue weighted by atomic mass is 10.2. The number of carbonyl (C=O) groups excluding carboxylic acids is 2. The van der Waals surface area contributed by atoms with Gasteiger partial charge in [-0.25, -0.2) is 0 Å². The standard InChI is InChI=1S/C10H9N3O4/c1-2-3-9(14)12-10(15)7-4-5-11-8(6-7)13(16)17/h2-6H,1H3,(H,12,14,15)/b3-2+. The predicted molar refractivity (Wildman–Crippen MR) is 58.2 cm³/mol. The van der Waals surface area contributed by atoms with Crippen molar-refractivity contribution in [3.8, 4) is 0 Å². The van der Waals surface area contributed by atoms with E-state index in [4.69, 9.17) is 0 Å². The number of nitrogens with zero attached hydrogens (tertiary/aromatic N) is 2. The number of aromatic nitrogens is 1. The van der Waals surface area contributed by atoms with Crippen molar-refractivity contribution in [1.82, 2.24) is 10.3 Å². The summed E-state index contributed by atoms with van der Waals surface area (Å²) in [6, 6.07) is 2.28. The summed E-state index contributed by atoms with van der Waals surface area (Å²) in [5, 5.41) is 12.5. The van der Waals surface area contributed by atoms with Crippen molar-refractivity contribution < 1.29 is 14.5 Å². The van der Waals surface area contributed by atoms with Crippen LogP contribution in [0.4, 0.5) is 5.82 Å². The predicted octanol–water partition coefficient (Wildman–Crippen LogP) is 0.822. The Morgan fingerprint density at radius 2 is 2.24 bits per heavy atom. The summed E-state index contributed by atoms with van der Waals surface area (Å²) >= 11 is 0. The topological polar surface area (TPSA) is 102 Å². The van der Waals surface area contributed by atoms with E-state index in [0.29, 0.717) is 0 Å². The minimum atomic E-state index is -0.718. The Balaban J connectivity index is 2.86. The molecule has 0 aliphatic carbocycles. The van der Waals surface area contributed by atoms with Crippen LogP contribution in [0.5, 0.6) is 0 Å². The maximum absolute atomic E-state index is 11.5. The smallest absolute Gasteiger partial charge is 0.358 e. The van der Waals surface area contributed by atoms with Crippen LogP contribution in [0.25, 0.3) is 0 Å². The van der Waals surface area contributed by atoms with Crippen LogP contribution in [0, 0.1) is 10.1 Å². The number of hydrogen-bond acceptors (Lipinski definition) is 5. The van der Waals surface area contributed by atoms with E-state index in [-0.39, 0.29) is 5.56 Å². The first-order chi connectivity index (χ1) is 8.04. The zero-order valence-electron chi connectivity index (χ0n) is 8.91. The molecular weight excluding hydrogens is 226 g/mol. The monoisotopic (exact) mass is 235 g/mol. The fourth-order valence-corrected chi connectivity index (χ4v) is 1.04. The van der Waals surface area contributed by atoms with Crippen molar-refractivity contribution in [2.24, 2.45) is 0 Å². The molecule has 0 spiro atoms. The molecule has 0 radical (unpaired) electrons. The number of amides is 2. The highest BCUT2D eigenvalue weighted by atomic mass is 16.6. The van der Waals surface area contributed by atoms with E-state index < -0.39 is 22.6 Å². The number of nitro groups is 1. The maximum atomic E-state index is 11.5. The molecule has 7 nitrogen and oxygen atoms in total. The number of nitrogens with one attached hydrogen (secondary N) is 1. The molecule has 1 aromatic rings. The Kier molecular flexibility index (Phi) is 4.04. The molecule has 0 fully saturated rings. The van der Waals surface area contributed by atoms with Crippen LogP contribution in [0.3, 0.4) is 0 Å². The van der Waals surface area contributed by atoms with Gasteiger partial charge in [0.15, 0.2) is 0 Å². The summed E-state index contributed by atoms with van der Waals surface area (Å²) in [5.41, 5.74) is 0.00422. The Morgan fingerprint density at radius 3 is 2.82 bits per heavy atom. The number of rotatable bonds is 3. The third kappa shape index (κ3) is 3.49. The molecule has 0 saturated carbocycles. The van der Waals surface area contributed by atoms with Gasteiger partial charge in [0.1, 0.15) is 6.20 Å². The Hall–Kier alpha value is -2.57. The summed E-state index contributed by atoms with van der Waals surface area (Å²) in [6.07, 6.45) is 3.78. The van der Waals surface area contributed by atoms with Gasteiger partial charge in [-0.15, -0.1) is 0 Å². The average Bonchev–Trinajstić information content (AvgIpc) is 2.29. The Labute approximate surface area is 96.3 Å². The Morgan fingerprint density at radius 1 is 1.53 bits per heavy atom. The van der Waals surface area contributed by atoms with Gasteiger partial charge in [-0.1, -0.05) is 6.08 Å². The normalized spacial score (nSPS) is 10.2. The first kappa shape index (κ1) is 12.5. The van der Waals surface area contributed by atoms with Crippen molar-refractivity contribution in [3.63, 3.8) is 0 Å². The molecule has 1 aromatic heterocycles. The molecule has 1 rings (SSSR count). The number of hydrogen-bond donors (Lipinski definition) is 1. The minimum Gasteiger partial charge on any atom is -0.358 e. The van der Waals surface area contributed by atoms with Gasteiger partial charge in [0, 0.05) is 6.07 Å². The lowest BCUT2D eigenvalue weighted by molar-refractivity contribution is -0.389. The number of imide groups is 1. The van der Waals surface area contributed by atoms with E-state index >= 15 is 0 Å². The summed E-state index contributed by atoms with van der Waals surface area (Å²) in [7, 11) is 0. The number of allylic oxidation sites excluding steroid dienone is 1. The van der Waals surface area contributed by atoms with E-state index in [0.717, 1.165) is 12.3 Å². The summed E-state index contributed by atoms with van der Waals surface area (Å²) in [5.74, 6) is -1.74. The first-order valence-corrected chi connectivity index (χ1v) is 4.63. The summed E-state index contributed by atoms with van der Waals surface area (Å²) in [6.45, 7) is 1.63. The zero-order chi connectivity index (χ0) is 12.8. The molecule has 17 heavy (non-hydrogen) atoms. The molecule has 1 heterocycles. The van der Waals surface area contributed by atoms with E-state index in [1.54, 1.807) is 6.92 Å². The van der Waals surface area contributed by atoms with Gasteiger partial charge < -0.3 is 10.1 Å². The summed E-state index contributed by atoms with van der Waals surface area (Å²) in [4.78, 5) is 35.7. The quantitative estimate of drug-likeness (QED) is 0.474. The van der Waals surface area contributed by atoms with Gasteiger partial charge in [0.05, 0.1) is 5.56 Å². The highest BCUT2D eigenvalue weighted by Gasteiger charge is 2.13. The molecule has 2 amide bonds. The van der Waals surface area contributed by atoms with Crippen molar-refractivity contribution in [2.45, 2.75) is 6.92 Å². The van der Waals surface area contributed by atoms with Gasteiger partial charge in [0.25, 0.3) is 5.91 Å². The van der Waals surface area contributed by atoms with Gasteiger partial charge in [-0.3, -0.25) is 14.9 Å². The maximum Gasteiger partial charge on any atom is 0.364 e. The third-order valence-electron chi connectivity index (χ3n) is 1.75. The largest absolute Gasteiger partial charge is 0.364 e. The van der Waals surface area contributed by atoms with Crippen molar-refractivity contribution in [2.75, 3.05) is 0 Å².